The average Bonchev–Trinajstić information content (AvgIpc) is 3.46. The molecule has 0 aromatic heterocycles. The summed E-state index contributed by atoms with van der Waals surface area (Å²) in [5.41, 5.74) is 1.36. The molecule has 2 atom stereocenters. The van der Waals surface area contributed by atoms with Crippen LogP contribution in [0.15, 0.2) is 48.2 Å². The molecule has 5 rings (SSSR count). The Hall–Kier alpha value is -4.21. The Morgan fingerprint density at radius 3 is 2.61 bits per heavy atom. The molecule has 10 nitrogen and oxygen atoms in total. The second-order valence-corrected chi connectivity index (χ2v) is 10.5. The molecule has 10 heteroatoms. The molecule has 1 fully saturated rings. The van der Waals surface area contributed by atoms with Crippen molar-refractivity contribution < 1.29 is 38.1 Å². The molecule has 2 amide bonds. The largest absolute Gasteiger partial charge is 0.493 e. The Bertz CT molecular complexity index is 1360. The maximum atomic E-state index is 14.0. The third-order valence-electron chi connectivity index (χ3n) is 7.95. The van der Waals surface area contributed by atoms with E-state index in [9.17, 15) is 14.4 Å². The maximum Gasteiger partial charge on any atom is 0.318 e. The van der Waals surface area contributed by atoms with Crippen LogP contribution in [-0.4, -0.2) is 50.3 Å². The van der Waals surface area contributed by atoms with Crippen molar-refractivity contribution in [3.05, 3.63) is 59.3 Å². The average molecular weight is 565 g/mol. The SMILES string of the molecule is CCOC(=O)[C@]12CCCC=C1N(Cc1ccc3c(c1)OCO3)C(=O)[C@H](CC(=O)NCc1ccc(OC)c(OC)c1)C2. The summed E-state index contributed by atoms with van der Waals surface area (Å²) in [7, 11) is 3.11. The summed E-state index contributed by atoms with van der Waals surface area (Å²) in [6, 6.07) is 11.0. The van der Waals surface area contributed by atoms with Crippen LogP contribution in [0.2, 0.25) is 0 Å². The standard InChI is InChI=1S/C31H36N2O8/c1-4-39-30(36)31-12-6-5-7-27(31)33(18-21-9-11-24-26(14-21)41-19-40-24)29(35)22(16-31)15-28(34)32-17-20-8-10-23(37-2)25(13-20)38-3/h7-11,13-14,22H,4-6,12,15-19H2,1-3H3,(H,32,34)/t22-,31+/m1/s1. The molecule has 2 heterocycles. The molecule has 2 aliphatic heterocycles. The van der Waals surface area contributed by atoms with E-state index in [1.807, 2.05) is 30.3 Å². The third kappa shape index (κ3) is 5.68. The van der Waals surface area contributed by atoms with E-state index in [2.05, 4.69) is 5.32 Å². The quantitative estimate of drug-likeness (QED) is 0.429. The highest BCUT2D eigenvalue weighted by Crippen LogP contribution is 2.50. The number of likely N-dealkylation sites (tertiary alicyclic amines) is 1. The first-order valence-electron chi connectivity index (χ1n) is 13.9. The van der Waals surface area contributed by atoms with E-state index in [0.717, 1.165) is 24.0 Å². The smallest absolute Gasteiger partial charge is 0.318 e. The fourth-order valence-corrected chi connectivity index (χ4v) is 5.98. The van der Waals surface area contributed by atoms with Gasteiger partial charge in [-0.15, -0.1) is 0 Å². The number of allylic oxidation sites excluding steroid dienone is 1. The van der Waals surface area contributed by atoms with E-state index in [-0.39, 0.29) is 57.1 Å². The van der Waals surface area contributed by atoms with Crippen molar-refractivity contribution in [2.75, 3.05) is 27.6 Å². The summed E-state index contributed by atoms with van der Waals surface area (Å²) < 4.78 is 27.2. The monoisotopic (exact) mass is 564 g/mol. The zero-order chi connectivity index (χ0) is 29.0. The molecular weight excluding hydrogens is 528 g/mol. The molecule has 2 aromatic carbocycles. The van der Waals surface area contributed by atoms with Crippen molar-refractivity contribution in [1.82, 2.24) is 10.2 Å². The number of nitrogens with one attached hydrogen (secondary N) is 1. The van der Waals surface area contributed by atoms with Crippen molar-refractivity contribution in [1.29, 1.82) is 0 Å². The van der Waals surface area contributed by atoms with E-state index in [4.69, 9.17) is 23.7 Å². The first-order chi connectivity index (χ1) is 19.9. The minimum atomic E-state index is -0.979. The zero-order valence-corrected chi connectivity index (χ0v) is 23.7. The van der Waals surface area contributed by atoms with Gasteiger partial charge in [0.1, 0.15) is 5.41 Å². The number of nitrogens with zero attached hydrogens (tertiary/aromatic N) is 1. The van der Waals surface area contributed by atoms with Gasteiger partial charge in [-0.05, 0) is 68.0 Å². The molecule has 2 aromatic rings. The number of amides is 2. The molecule has 0 radical (unpaired) electrons. The lowest BCUT2D eigenvalue weighted by Crippen LogP contribution is -2.54. The molecule has 1 N–H and O–H groups in total. The fourth-order valence-electron chi connectivity index (χ4n) is 5.98. The van der Waals surface area contributed by atoms with E-state index in [0.29, 0.717) is 35.1 Å². The van der Waals surface area contributed by atoms with Crippen LogP contribution in [0.4, 0.5) is 0 Å². The van der Waals surface area contributed by atoms with Crippen LogP contribution in [0.5, 0.6) is 23.0 Å². The van der Waals surface area contributed by atoms with Gasteiger partial charge in [0, 0.05) is 24.6 Å². The predicted molar refractivity (Wildman–Crippen MR) is 148 cm³/mol. The van der Waals surface area contributed by atoms with Crippen molar-refractivity contribution in [2.45, 2.75) is 52.1 Å². The zero-order valence-electron chi connectivity index (χ0n) is 23.7. The Labute approximate surface area is 239 Å². The van der Waals surface area contributed by atoms with Gasteiger partial charge in [0.05, 0.1) is 27.4 Å². The number of carbonyl (C=O) groups excluding carboxylic acids is 3. The Morgan fingerprint density at radius 2 is 1.83 bits per heavy atom. The summed E-state index contributed by atoms with van der Waals surface area (Å²) in [4.78, 5) is 42.3. The van der Waals surface area contributed by atoms with Crippen molar-refractivity contribution >= 4 is 17.8 Å². The molecule has 3 aliphatic rings. The van der Waals surface area contributed by atoms with Crippen molar-refractivity contribution in [3.8, 4) is 23.0 Å². The maximum absolute atomic E-state index is 14.0. The van der Waals surface area contributed by atoms with Gasteiger partial charge in [-0.1, -0.05) is 18.2 Å². The van der Waals surface area contributed by atoms with Gasteiger partial charge in [0.2, 0.25) is 18.6 Å². The van der Waals surface area contributed by atoms with Gasteiger partial charge in [-0.2, -0.15) is 0 Å². The van der Waals surface area contributed by atoms with Crippen LogP contribution in [0, 0.1) is 11.3 Å². The van der Waals surface area contributed by atoms with Gasteiger partial charge in [-0.3, -0.25) is 14.4 Å². The summed E-state index contributed by atoms with van der Waals surface area (Å²) >= 11 is 0. The van der Waals surface area contributed by atoms with Gasteiger partial charge in [-0.25, -0.2) is 0 Å². The molecule has 0 bridgehead atoms. The molecule has 218 valence electrons. The van der Waals surface area contributed by atoms with E-state index in [1.54, 1.807) is 38.2 Å². The normalized spacial score (nSPS) is 21.0. The number of piperidine rings is 1. The number of hydrogen-bond acceptors (Lipinski definition) is 8. The van der Waals surface area contributed by atoms with Gasteiger partial charge in [0.15, 0.2) is 23.0 Å². The third-order valence-corrected chi connectivity index (χ3v) is 7.95. The minimum absolute atomic E-state index is 0.0435. The highest BCUT2D eigenvalue weighted by atomic mass is 16.7. The molecule has 41 heavy (non-hydrogen) atoms. The van der Waals surface area contributed by atoms with Gasteiger partial charge in [0.25, 0.3) is 0 Å². The van der Waals surface area contributed by atoms with Crippen LogP contribution in [0.3, 0.4) is 0 Å². The summed E-state index contributed by atoms with van der Waals surface area (Å²) in [5, 5.41) is 2.92. The highest BCUT2D eigenvalue weighted by molar-refractivity contribution is 5.92. The van der Waals surface area contributed by atoms with Crippen LogP contribution in [0.1, 0.15) is 50.2 Å². The summed E-state index contributed by atoms with van der Waals surface area (Å²) in [6.45, 7) is 2.67. The Balaban J connectivity index is 1.37. The van der Waals surface area contributed by atoms with Crippen LogP contribution in [0.25, 0.3) is 0 Å². The van der Waals surface area contributed by atoms with E-state index >= 15 is 0 Å². The molecule has 1 aliphatic carbocycles. The number of carbonyl (C=O) groups is 3. The molecule has 0 unspecified atom stereocenters. The van der Waals surface area contributed by atoms with Crippen LogP contribution in [-0.2, 0) is 32.2 Å². The second-order valence-electron chi connectivity index (χ2n) is 10.5. The molecule has 1 saturated heterocycles. The highest BCUT2D eigenvalue weighted by Gasteiger charge is 2.54. The first kappa shape index (κ1) is 28.3. The molecule has 0 spiro atoms. The first-order valence-corrected chi connectivity index (χ1v) is 13.9. The van der Waals surface area contributed by atoms with Crippen LogP contribution < -0.4 is 24.3 Å². The Morgan fingerprint density at radius 1 is 1.05 bits per heavy atom. The number of benzene rings is 2. The number of esters is 1. The Kier molecular flexibility index (Phi) is 8.37. The van der Waals surface area contributed by atoms with E-state index < -0.39 is 11.3 Å². The molecular formula is C31H36N2O8. The predicted octanol–water partition coefficient (Wildman–Crippen LogP) is 4.10. The number of ether oxygens (including phenoxy) is 5. The van der Waals surface area contributed by atoms with Crippen LogP contribution >= 0.6 is 0 Å². The summed E-state index contributed by atoms with van der Waals surface area (Å²) in [5.74, 6) is 0.944. The summed E-state index contributed by atoms with van der Waals surface area (Å²) in [6.07, 6.45) is 4.30. The number of methoxy groups -OCH3 is 2. The van der Waals surface area contributed by atoms with Gasteiger partial charge >= 0.3 is 5.97 Å². The lowest BCUT2D eigenvalue weighted by atomic mass is 9.66. The number of hydrogen-bond donors (Lipinski definition) is 1. The molecule has 0 saturated carbocycles. The van der Waals surface area contributed by atoms with Crippen molar-refractivity contribution in [3.63, 3.8) is 0 Å². The topological polar surface area (TPSA) is 113 Å². The number of rotatable bonds is 10. The van der Waals surface area contributed by atoms with E-state index in [1.165, 1.54) is 0 Å². The number of fused-ring (bicyclic) bond motifs is 2. The lowest BCUT2D eigenvalue weighted by Gasteiger charge is -2.48. The fraction of sp³-hybridized carbons (Fsp3) is 0.452. The lowest BCUT2D eigenvalue weighted by molar-refractivity contribution is -0.162. The minimum Gasteiger partial charge on any atom is -0.493 e. The second kappa shape index (κ2) is 12.1. The van der Waals surface area contributed by atoms with Crippen molar-refractivity contribution in [2.24, 2.45) is 11.3 Å². The van der Waals surface area contributed by atoms with Gasteiger partial charge < -0.3 is 33.9 Å².